The number of carbonyl (C=O) groups is 2. The van der Waals surface area contributed by atoms with Crippen molar-refractivity contribution in [1.82, 2.24) is 9.80 Å². The highest BCUT2D eigenvalue weighted by molar-refractivity contribution is 5.89. The topological polar surface area (TPSA) is 52.7 Å². The van der Waals surface area contributed by atoms with Crippen LogP contribution in [-0.4, -0.2) is 48.2 Å². The number of hydrogen-bond acceptors (Lipinski definition) is 4. The van der Waals surface area contributed by atoms with Gasteiger partial charge in [0.2, 0.25) is 5.91 Å². The number of nitrogens with one attached hydrogen (secondary N) is 1. The summed E-state index contributed by atoms with van der Waals surface area (Å²) in [7, 11) is 0. The molecule has 0 spiro atoms. The predicted molar refractivity (Wildman–Crippen MR) is 119 cm³/mol. The lowest BCUT2D eigenvalue weighted by Crippen LogP contribution is -2.39. The fourth-order valence-corrected chi connectivity index (χ4v) is 4.87. The number of nitrogens with zero attached hydrogens (tertiary/aromatic N) is 2. The Balaban J connectivity index is 1.26. The highest BCUT2D eigenvalue weighted by Gasteiger charge is 2.32. The Morgan fingerprint density at radius 2 is 1.83 bits per heavy atom. The van der Waals surface area contributed by atoms with Crippen molar-refractivity contribution in [2.45, 2.75) is 38.8 Å². The van der Waals surface area contributed by atoms with Crippen molar-refractivity contribution in [2.24, 2.45) is 5.92 Å². The van der Waals surface area contributed by atoms with Crippen LogP contribution in [0.1, 0.15) is 42.5 Å². The highest BCUT2D eigenvalue weighted by atomic mass is 16.1. The molecule has 0 radical (unpaired) electrons. The van der Waals surface area contributed by atoms with E-state index in [1.165, 1.54) is 29.5 Å². The maximum Gasteiger partial charge on any atom is 0.221 e. The second kappa shape index (κ2) is 9.54. The Morgan fingerprint density at radius 1 is 1.10 bits per heavy atom. The number of benzene rings is 2. The van der Waals surface area contributed by atoms with Gasteiger partial charge < -0.3 is 15.0 Å². The molecular weight excluding hydrogens is 374 g/mol. The van der Waals surface area contributed by atoms with E-state index in [1.54, 1.807) is 6.92 Å². The van der Waals surface area contributed by atoms with E-state index < -0.39 is 0 Å². The van der Waals surface area contributed by atoms with Gasteiger partial charge in [-0.1, -0.05) is 42.5 Å². The summed E-state index contributed by atoms with van der Waals surface area (Å²) in [6, 6.07) is 16.3. The van der Waals surface area contributed by atoms with Crippen LogP contribution in [0.25, 0.3) is 0 Å². The fraction of sp³-hybridized carbons (Fsp3) is 0.440. The van der Waals surface area contributed by atoms with Crippen molar-refractivity contribution in [3.63, 3.8) is 0 Å². The number of aldehydes is 1. The summed E-state index contributed by atoms with van der Waals surface area (Å²) in [6.45, 7) is 6.64. The Kier molecular flexibility index (Phi) is 6.60. The molecule has 4 rings (SSSR count). The maximum absolute atomic E-state index is 11.7. The normalized spacial score (nSPS) is 20.1. The number of fused-ring (bicyclic) bond motifs is 1. The summed E-state index contributed by atoms with van der Waals surface area (Å²) in [5, 5.41) is 2.93. The van der Waals surface area contributed by atoms with Crippen LogP contribution < -0.4 is 5.32 Å². The number of piperidine rings is 1. The van der Waals surface area contributed by atoms with Crippen LogP contribution in [0.4, 0.5) is 5.69 Å². The lowest BCUT2D eigenvalue weighted by molar-refractivity contribution is -0.114. The standard InChI is InChI=1S/C25H31N3O2/c1-19(30)26-24-9-5-3-6-21(24)12-15-27-13-10-20(11-14-27)16-28-17-22-7-2-4-8-23(22)25(28)18-29/h2-9,18,20,25H,10-17H2,1H3,(H,26,30). The predicted octanol–water partition coefficient (Wildman–Crippen LogP) is 3.66. The first kappa shape index (κ1) is 20.8. The lowest BCUT2D eigenvalue weighted by atomic mass is 9.95. The molecule has 0 bridgehead atoms. The van der Waals surface area contributed by atoms with Crippen molar-refractivity contribution in [3.05, 3.63) is 65.2 Å². The third kappa shape index (κ3) is 4.79. The number of amides is 1. The molecule has 1 saturated heterocycles. The largest absolute Gasteiger partial charge is 0.326 e. The SMILES string of the molecule is CC(=O)Nc1ccccc1CCN1CCC(CN2Cc3ccccc3C2C=O)CC1. The van der Waals surface area contributed by atoms with Crippen LogP contribution in [0.5, 0.6) is 0 Å². The first-order chi connectivity index (χ1) is 14.6. The van der Waals surface area contributed by atoms with Crippen molar-refractivity contribution >= 4 is 17.9 Å². The monoisotopic (exact) mass is 405 g/mol. The quantitative estimate of drug-likeness (QED) is 0.715. The van der Waals surface area contributed by atoms with Crippen molar-refractivity contribution < 1.29 is 9.59 Å². The van der Waals surface area contributed by atoms with Gasteiger partial charge in [-0.3, -0.25) is 9.69 Å². The van der Waals surface area contributed by atoms with Gasteiger partial charge in [0.05, 0.1) is 6.04 Å². The first-order valence-electron chi connectivity index (χ1n) is 11.0. The van der Waals surface area contributed by atoms with E-state index in [9.17, 15) is 9.59 Å². The van der Waals surface area contributed by atoms with E-state index in [0.29, 0.717) is 5.92 Å². The summed E-state index contributed by atoms with van der Waals surface area (Å²) >= 11 is 0. The molecule has 1 atom stereocenters. The van der Waals surface area contributed by atoms with E-state index in [-0.39, 0.29) is 11.9 Å². The molecule has 1 N–H and O–H groups in total. The van der Waals surface area contributed by atoms with Crippen molar-refractivity contribution in [3.8, 4) is 0 Å². The molecule has 2 aromatic rings. The fourth-order valence-electron chi connectivity index (χ4n) is 4.87. The van der Waals surface area contributed by atoms with Gasteiger partial charge in [-0.05, 0) is 61.0 Å². The summed E-state index contributed by atoms with van der Waals surface area (Å²) in [5.41, 5.74) is 4.60. The minimum Gasteiger partial charge on any atom is -0.326 e. The van der Waals surface area contributed by atoms with Crippen LogP contribution in [0.2, 0.25) is 0 Å². The molecule has 5 heteroatoms. The molecule has 0 aromatic heterocycles. The van der Waals surface area contributed by atoms with Crippen molar-refractivity contribution in [1.29, 1.82) is 0 Å². The Bertz CT molecular complexity index is 889. The smallest absolute Gasteiger partial charge is 0.221 e. The summed E-state index contributed by atoms with van der Waals surface area (Å²) < 4.78 is 0. The molecule has 2 heterocycles. The third-order valence-electron chi connectivity index (χ3n) is 6.49. The lowest BCUT2D eigenvalue weighted by Gasteiger charge is -2.34. The molecule has 2 aliphatic rings. The van der Waals surface area contributed by atoms with Crippen molar-refractivity contribution in [2.75, 3.05) is 31.5 Å². The van der Waals surface area contributed by atoms with Gasteiger partial charge in [-0.15, -0.1) is 0 Å². The van der Waals surface area contributed by atoms with Gasteiger partial charge in [0.25, 0.3) is 0 Å². The van der Waals surface area contributed by atoms with E-state index in [1.807, 2.05) is 24.3 Å². The minimum absolute atomic E-state index is 0.0269. The third-order valence-corrected chi connectivity index (χ3v) is 6.49. The zero-order valence-corrected chi connectivity index (χ0v) is 17.7. The number of hydrogen-bond donors (Lipinski definition) is 1. The average Bonchev–Trinajstić information content (AvgIpc) is 3.10. The molecule has 1 amide bonds. The molecule has 0 aliphatic carbocycles. The molecule has 30 heavy (non-hydrogen) atoms. The zero-order valence-electron chi connectivity index (χ0n) is 17.7. The molecule has 1 fully saturated rings. The number of carbonyl (C=O) groups excluding carboxylic acids is 2. The first-order valence-corrected chi connectivity index (χ1v) is 11.0. The molecule has 5 nitrogen and oxygen atoms in total. The van der Waals surface area contributed by atoms with E-state index in [2.05, 4.69) is 39.4 Å². The summed E-state index contributed by atoms with van der Waals surface area (Å²) in [4.78, 5) is 28.0. The molecule has 0 saturated carbocycles. The zero-order chi connectivity index (χ0) is 20.9. The summed E-state index contributed by atoms with van der Waals surface area (Å²) in [6.07, 6.45) is 4.39. The molecule has 2 aliphatic heterocycles. The number of anilines is 1. The van der Waals surface area contributed by atoms with Crippen LogP contribution >= 0.6 is 0 Å². The van der Waals surface area contributed by atoms with Crippen LogP contribution in [0, 0.1) is 5.92 Å². The number of rotatable bonds is 7. The van der Waals surface area contributed by atoms with Gasteiger partial charge in [0, 0.05) is 32.2 Å². The second-order valence-electron chi connectivity index (χ2n) is 8.58. The van der Waals surface area contributed by atoms with Gasteiger partial charge >= 0.3 is 0 Å². The van der Waals surface area contributed by atoms with E-state index >= 15 is 0 Å². The number of likely N-dealkylation sites (tertiary alicyclic amines) is 1. The Hall–Kier alpha value is -2.50. The molecule has 2 aromatic carbocycles. The second-order valence-corrected chi connectivity index (χ2v) is 8.58. The minimum atomic E-state index is -0.0792. The highest BCUT2D eigenvalue weighted by Crippen LogP contribution is 2.34. The van der Waals surface area contributed by atoms with Gasteiger partial charge in [-0.25, -0.2) is 0 Å². The molecular formula is C25H31N3O2. The Labute approximate surface area is 179 Å². The van der Waals surface area contributed by atoms with Crippen LogP contribution in [0.3, 0.4) is 0 Å². The van der Waals surface area contributed by atoms with Crippen LogP contribution in [-0.2, 0) is 22.6 Å². The maximum atomic E-state index is 11.7. The van der Waals surface area contributed by atoms with Gasteiger partial charge in [-0.2, -0.15) is 0 Å². The van der Waals surface area contributed by atoms with E-state index in [0.717, 1.165) is 51.1 Å². The molecule has 158 valence electrons. The average molecular weight is 406 g/mol. The van der Waals surface area contributed by atoms with Gasteiger partial charge in [0.1, 0.15) is 6.29 Å². The van der Waals surface area contributed by atoms with Gasteiger partial charge in [0.15, 0.2) is 0 Å². The Morgan fingerprint density at radius 3 is 2.60 bits per heavy atom. The van der Waals surface area contributed by atoms with Crippen LogP contribution in [0.15, 0.2) is 48.5 Å². The summed E-state index contributed by atoms with van der Waals surface area (Å²) in [5.74, 6) is 0.616. The number of para-hydroxylation sites is 1. The van der Waals surface area contributed by atoms with E-state index in [4.69, 9.17) is 0 Å². The molecule has 1 unspecified atom stereocenters.